The average molecular weight is 350 g/mol. The number of halogens is 1. The minimum Gasteiger partial charge on any atom is -0.306 e. The number of carbonyl (C=O) groups is 1. The number of hydrogen-bond acceptors (Lipinski definition) is 4. The fourth-order valence-corrected chi connectivity index (χ4v) is 2.82. The molecule has 1 aromatic carbocycles. The van der Waals surface area contributed by atoms with Crippen LogP contribution in [0, 0.1) is 19.7 Å². The summed E-state index contributed by atoms with van der Waals surface area (Å²) in [6.07, 6.45) is 6.38. The smallest absolute Gasteiger partial charge is 0.256 e. The van der Waals surface area contributed by atoms with Crippen LogP contribution in [0.15, 0.2) is 49.1 Å². The summed E-state index contributed by atoms with van der Waals surface area (Å²) < 4.78 is 17.8. The zero-order valence-corrected chi connectivity index (χ0v) is 14.1. The summed E-state index contributed by atoms with van der Waals surface area (Å²) in [5.41, 5.74) is 2.72. The van der Waals surface area contributed by atoms with Gasteiger partial charge in [-0.2, -0.15) is 5.10 Å². The molecule has 0 radical (unpaired) electrons. The number of imidazole rings is 1. The molecule has 0 fully saturated rings. The number of fused-ring (bicyclic) bond motifs is 1. The highest BCUT2D eigenvalue weighted by Gasteiger charge is 2.14. The Morgan fingerprint density at radius 3 is 2.77 bits per heavy atom. The minimum absolute atomic E-state index is 0.205. The third-order valence-corrected chi connectivity index (χ3v) is 4.01. The number of anilines is 1. The molecular formula is C18H15FN6O. The number of carbonyl (C=O) groups excluding carboxylic acids is 1. The third kappa shape index (κ3) is 2.71. The van der Waals surface area contributed by atoms with Crippen LogP contribution in [0.3, 0.4) is 0 Å². The summed E-state index contributed by atoms with van der Waals surface area (Å²) in [7, 11) is 0. The number of benzene rings is 1. The lowest BCUT2D eigenvalue weighted by Gasteiger charge is -2.09. The van der Waals surface area contributed by atoms with Crippen LogP contribution in [0.1, 0.15) is 21.7 Å². The summed E-state index contributed by atoms with van der Waals surface area (Å²) in [6.45, 7) is 3.69. The van der Waals surface area contributed by atoms with Gasteiger partial charge in [-0.3, -0.25) is 14.2 Å². The predicted molar refractivity (Wildman–Crippen MR) is 93.9 cm³/mol. The minimum atomic E-state index is -0.522. The van der Waals surface area contributed by atoms with Crippen LogP contribution >= 0.6 is 0 Å². The fraction of sp³-hybridized carbons (Fsp3) is 0.111. The standard InChI is InChI=1S/C18H15FN6O/c1-11-7-12(2)25(23-11)15-4-3-13(8-14(15)19)18(26)22-17-10-21-16-9-20-5-6-24(16)17/h3-10H,1-2H3,(H,22,26). The molecule has 7 nitrogen and oxygen atoms in total. The Morgan fingerprint density at radius 2 is 2.04 bits per heavy atom. The summed E-state index contributed by atoms with van der Waals surface area (Å²) in [6, 6.07) is 6.17. The highest BCUT2D eigenvalue weighted by molar-refractivity contribution is 6.04. The molecule has 1 N–H and O–H groups in total. The molecule has 4 aromatic rings. The summed E-state index contributed by atoms with van der Waals surface area (Å²) in [5, 5.41) is 7.00. The van der Waals surface area contributed by atoms with Crippen LogP contribution < -0.4 is 5.32 Å². The number of rotatable bonds is 3. The number of nitrogens with one attached hydrogen (secondary N) is 1. The first-order valence-electron chi connectivity index (χ1n) is 7.94. The van der Waals surface area contributed by atoms with Gasteiger partial charge in [0.25, 0.3) is 5.91 Å². The molecule has 26 heavy (non-hydrogen) atoms. The van der Waals surface area contributed by atoms with Gasteiger partial charge >= 0.3 is 0 Å². The molecule has 4 rings (SSSR count). The van der Waals surface area contributed by atoms with Gasteiger partial charge in [-0.05, 0) is 38.1 Å². The van der Waals surface area contributed by atoms with Crippen LogP contribution in [-0.4, -0.2) is 30.1 Å². The van der Waals surface area contributed by atoms with E-state index in [1.165, 1.54) is 16.9 Å². The zero-order valence-electron chi connectivity index (χ0n) is 14.1. The van der Waals surface area contributed by atoms with Crippen molar-refractivity contribution < 1.29 is 9.18 Å². The van der Waals surface area contributed by atoms with Crippen LogP contribution in [0.25, 0.3) is 11.3 Å². The van der Waals surface area contributed by atoms with E-state index in [1.807, 2.05) is 19.9 Å². The van der Waals surface area contributed by atoms with Gasteiger partial charge < -0.3 is 5.32 Å². The molecule has 8 heteroatoms. The van der Waals surface area contributed by atoms with E-state index in [0.717, 1.165) is 11.4 Å². The monoisotopic (exact) mass is 350 g/mol. The molecule has 3 aromatic heterocycles. The molecule has 0 aliphatic heterocycles. The van der Waals surface area contributed by atoms with Crippen molar-refractivity contribution in [1.29, 1.82) is 0 Å². The number of aromatic nitrogens is 5. The summed E-state index contributed by atoms with van der Waals surface area (Å²) in [5.74, 6) is -0.468. The molecule has 0 unspecified atom stereocenters. The van der Waals surface area contributed by atoms with Crippen molar-refractivity contribution >= 4 is 17.4 Å². The van der Waals surface area contributed by atoms with E-state index >= 15 is 0 Å². The second-order valence-corrected chi connectivity index (χ2v) is 5.91. The number of hydrogen-bond donors (Lipinski definition) is 1. The Morgan fingerprint density at radius 1 is 1.19 bits per heavy atom. The maximum absolute atomic E-state index is 14.6. The first-order chi connectivity index (χ1) is 12.5. The van der Waals surface area contributed by atoms with Crippen LogP contribution in [-0.2, 0) is 0 Å². The van der Waals surface area contributed by atoms with Gasteiger partial charge in [0.1, 0.15) is 17.3 Å². The average Bonchev–Trinajstić information content (AvgIpc) is 3.18. The van der Waals surface area contributed by atoms with E-state index in [0.29, 0.717) is 17.2 Å². The van der Waals surface area contributed by atoms with Crippen molar-refractivity contribution in [3.8, 4) is 5.69 Å². The molecule has 3 heterocycles. The van der Waals surface area contributed by atoms with Crippen molar-refractivity contribution in [2.24, 2.45) is 0 Å². The van der Waals surface area contributed by atoms with Gasteiger partial charge in [0.05, 0.1) is 18.1 Å². The molecule has 0 bridgehead atoms. The van der Waals surface area contributed by atoms with Crippen molar-refractivity contribution in [3.63, 3.8) is 0 Å². The van der Waals surface area contributed by atoms with Crippen molar-refractivity contribution in [3.05, 3.63) is 71.8 Å². The summed E-state index contributed by atoms with van der Waals surface area (Å²) >= 11 is 0. The molecular weight excluding hydrogens is 335 g/mol. The third-order valence-electron chi connectivity index (χ3n) is 4.01. The van der Waals surface area contributed by atoms with E-state index in [4.69, 9.17) is 0 Å². The number of nitrogens with zero attached hydrogens (tertiary/aromatic N) is 5. The lowest BCUT2D eigenvalue weighted by atomic mass is 10.2. The summed E-state index contributed by atoms with van der Waals surface area (Å²) in [4.78, 5) is 20.6. The lowest BCUT2D eigenvalue weighted by Crippen LogP contribution is -2.14. The van der Waals surface area contributed by atoms with Crippen LogP contribution in [0.2, 0.25) is 0 Å². The maximum Gasteiger partial charge on any atom is 0.256 e. The van der Waals surface area contributed by atoms with Crippen molar-refractivity contribution in [1.82, 2.24) is 24.1 Å². The first kappa shape index (κ1) is 15.9. The Balaban J connectivity index is 1.63. The number of aryl methyl sites for hydroxylation is 2. The lowest BCUT2D eigenvalue weighted by molar-refractivity contribution is 0.102. The molecule has 1 amide bonds. The molecule has 0 saturated heterocycles. The molecule has 0 saturated carbocycles. The topological polar surface area (TPSA) is 77.1 Å². The van der Waals surface area contributed by atoms with Crippen LogP contribution in [0.4, 0.5) is 10.2 Å². The number of amides is 1. The maximum atomic E-state index is 14.6. The molecule has 0 aliphatic carbocycles. The SMILES string of the molecule is Cc1cc(C)n(-c2ccc(C(=O)Nc3cnc4cnccn34)cc2F)n1. The molecule has 130 valence electrons. The van der Waals surface area contributed by atoms with Gasteiger partial charge in [-0.15, -0.1) is 0 Å². The van der Waals surface area contributed by atoms with E-state index < -0.39 is 11.7 Å². The van der Waals surface area contributed by atoms with Crippen LogP contribution in [0.5, 0.6) is 0 Å². The Labute approximate surface area is 148 Å². The first-order valence-corrected chi connectivity index (χ1v) is 7.94. The fourth-order valence-electron chi connectivity index (χ4n) is 2.82. The van der Waals surface area contributed by atoms with Gasteiger partial charge in [0, 0.05) is 23.7 Å². The quantitative estimate of drug-likeness (QED) is 0.616. The Bertz CT molecular complexity index is 1130. The molecule has 0 aliphatic rings. The second-order valence-electron chi connectivity index (χ2n) is 5.91. The van der Waals surface area contributed by atoms with Gasteiger partial charge in [0.2, 0.25) is 0 Å². The van der Waals surface area contributed by atoms with Crippen molar-refractivity contribution in [2.75, 3.05) is 5.32 Å². The predicted octanol–water partition coefficient (Wildman–Crippen LogP) is 2.92. The van der Waals surface area contributed by atoms with Gasteiger partial charge in [-0.1, -0.05) is 0 Å². The van der Waals surface area contributed by atoms with E-state index in [-0.39, 0.29) is 5.56 Å². The van der Waals surface area contributed by atoms with Gasteiger partial charge in [0.15, 0.2) is 5.65 Å². The van der Waals surface area contributed by atoms with E-state index in [2.05, 4.69) is 20.4 Å². The normalized spacial score (nSPS) is 11.0. The Kier molecular flexibility index (Phi) is 3.72. The highest BCUT2D eigenvalue weighted by Crippen LogP contribution is 2.19. The van der Waals surface area contributed by atoms with Crippen molar-refractivity contribution in [2.45, 2.75) is 13.8 Å². The molecule has 0 spiro atoms. The van der Waals surface area contributed by atoms with E-state index in [1.54, 1.807) is 35.1 Å². The molecule has 0 atom stereocenters. The van der Waals surface area contributed by atoms with Gasteiger partial charge in [-0.25, -0.2) is 14.1 Å². The Hall–Kier alpha value is -3.55. The highest BCUT2D eigenvalue weighted by atomic mass is 19.1. The second kappa shape index (κ2) is 6.07. The van der Waals surface area contributed by atoms with E-state index in [9.17, 15) is 9.18 Å². The zero-order chi connectivity index (χ0) is 18.3. The largest absolute Gasteiger partial charge is 0.306 e.